The first-order valence-corrected chi connectivity index (χ1v) is 6.32. The number of rotatable bonds is 6. The largest absolute Gasteiger partial charge is 0.396 e. The average Bonchev–Trinajstić information content (AvgIpc) is 2.64. The van der Waals surface area contributed by atoms with E-state index in [4.69, 9.17) is 0 Å². The van der Waals surface area contributed by atoms with Crippen molar-refractivity contribution in [3.63, 3.8) is 0 Å². The Morgan fingerprint density at radius 1 is 1.38 bits per heavy atom. The second kappa shape index (κ2) is 5.77. The maximum Gasteiger partial charge on any atom is 0.0519 e. The van der Waals surface area contributed by atoms with Crippen LogP contribution in [0.1, 0.15) is 17.4 Å². The Bertz CT molecular complexity index is 321. The molecule has 1 heterocycles. The highest BCUT2D eigenvalue weighted by atomic mass is 32.1. The van der Waals surface area contributed by atoms with Gasteiger partial charge in [0.2, 0.25) is 0 Å². The van der Waals surface area contributed by atoms with Crippen molar-refractivity contribution < 1.29 is 10.2 Å². The second-order valence-electron chi connectivity index (χ2n) is 4.83. The Balaban J connectivity index is 2.53. The van der Waals surface area contributed by atoms with Gasteiger partial charge in [-0.2, -0.15) is 0 Å². The summed E-state index contributed by atoms with van der Waals surface area (Å²) in [6, 6.07) is 2.12. The number of hydrogen-bond acceptors (Lipinski definition) is 4. The minimum absolute atomic E-state index is 0.0112. The molecule has 0 aromatic carbocycles. The van der Waals surface area contributed by atoms with Crippen molar-refractivity contribution in [1.29, 1.82) is 0 Å². The monoisotopic (exact) mass is 243 g/mol. The third-order valence-corrected chi connectivity index (χ3v) is 3.80. The molecule has 1 aromatic heterocycles. The smallest absolute Gasteiger partial charge is 0.0519 e. The van der Waals surface area contributed by atoms with Crippen LogP contribution >= 0.6 is 11.3 Å². The van der Waals surface area contributed by atoms with Crippen LogP contribution in [0, 0.1) is 12.3 Å². The van der Waals surface area contributed by atoms with E-state index < -0.39 is 5.41 Å². The molecule has 0 aliphatic heterocycles. The first kappa shape index (κ1) is 13.6. The molecule has 92 valence electrons. The lowest BCUT2D eigenvalue weighted by Crippen LogP contribution is -2.38. The summed E-state index contributed by atoms with van der Waals surface area (Å²) in [6.07, 6.45) is 0. The summed E-state index contributed by atoms with van der Waals surface area (Å²) in [5, 5.41) is 20.6. The van der Waals surface area contributed by atoms with Gasteiger partial charge in [0.25, 0.3) is 0 Å². The van der Waals surface area contributed by atoms with Crippen LogP contribution in [0.4, 0.5) is 0 Å². The van der Waals surface area contributed by atoms with Crippen LogP contribution in [-0.4, -0.2) is 41.9 Å². The molecular weight excluding hydrogens is 222 g/mol. The van der Waals surface area contributed by atoms with E-state index in [1.54, 1.807) is 11.3 Å². The van der Waals surface area contributed by atoms with Gasteiger partial charge in [0, 0.05) is 23.4 Å². The SMILES string of the molecule is Cc1ccsc1CN(C)CC(C)(CO)CO. The molecule has 0 saturated heterocycles. The average molecular weight is 243 g/mol. The lowest BCUT2D eigenvalue weighted by atomic mass is 9.92. The molecule has 0 radical (unpaired) electrons. The Morgan fingerprint density at radius 2 is 2.00 bits per heavy atom. The summed E-state index contributed by atoms with van der Waals surface area (Å²) >= 11 is 1.75. The fourth-order valence-electron chi connectivity index (χ4n) is 1.67. The Labute approximate surface area is 101 Å². The minimum atomic E-state index is -0.417. The molecule has 4 heteroatoms. The van der Waals surface area contributed by atoms with Crippen molar-refractivity contribution in [3.05, 3.63) is 21.9 Å². The maximum absolute atomic E-state index is 9.23. The van der Waals surface area contributed by atoms with Gasteiger partial charge in [0.15, 0.2) is 0 Å². The Hall–Kier alpha value is -0.420. The van der Waals surface area contributed by atoms with Crippen LogP contribution in [0.5, 0.6) is 0 Å². The third kappa shape index (κ3) is 3.56. The summed E-state index contributed by atoms with van der Waals surface area (Å²) < 4.78 is 0. The molecule has 0 amide bonds. The predicted molar refractivity (Wildman–Crippen MR) is 67.7 cm³/mol. The van der Waals surface area contributed by atoms with E-state index in [1.807, 2.05) is 14.0 Å². The summed E-state index contributed by atoms with van der Waals surface area (Å²) in [4.78, 5) is 3.49. The van der Waals surface area contributed by atoms with Crippen molar-refractivity contribution in [3.8, 4) is 0 Å². The molecule has 0 aliphatic rings. The zero-order chi connectivity index (χ0) is 12.2. The summed E-state index contributed by atoms with van der Waals surface area (Å²) in [6.45, 7) is 5.59. The molecule has 16 heavy (non-hydrogen) atoms. The zero-order valence-corrected chi connectivity index (χ0v) is 11.0. The van der Waals surface area contributed by atoms with Crippen LogP contribution in [-0.2, 0) is 6.54 Å². The van der Waals surface area contributed by atoms with Gasteiger partial charge in [-0.1, -0.05) is 6.92 Å². The molecule has 0 spiro atoms. The van der Waals surface area contributed by atoms with Gasteiger partial charge < -0.3 is 15.1 Å². The van der Waals surface area contributed by atoms with E-state index >= 15 is 0 Å². The van der Waals surface area contributed by atoms with E-state index in [1.165, 1.54) is 10.4 Å². The molecule has 0 unspecified atom stereocenters. The first-order chi connectivity index (χ1) is 7.50. The van der Waals surface area contributed by atoms with Crippen molar-refractivity contribution in [2.24, 2.45) is 5.41 Å². The summed E-state index contributed by atoms with van der Waals surface area (Å²) in [7, 11) is 2.02. The van der Waals surface area contributed by atoms with Crippen LogP contribution in [0.2, 0.25) is 0 Å². The van der Waals surface area contributed by atoms with E-state index in [2.05, 4.69) is 23.3 Å². The number of aliphatic hydroxyl groups is 2. The standard InChI is InChI=1S/C12H21NO2S/c1-10-4-5-16-11(10)6-13(3)7-12(2,8-14)9-15/h4-5,14-15H,6-9H2,1-3H3. The van der Waals surface area contributed by atoms with Crippen molar-refractivity contribution in [2.75, 3.05) is 26.8 Å². The van der Waals surface area contributed by atoms with Gasteiger partial charge in [-0.3, -0.25) is 0 Å². The van der Waals surface area contributed by atoms with Crippen molar-refractivity contribution in [2.45, 2.75) is 20.4 Å². The van der Waals surface area contributed by atoms with Gasteiger partial charge in [-0.25, -0.2) is 0 Å². The highest BCUT2D eigenvalue weighted by molar-refractivity contribution is 7.10. The number of nitrogens with zero attached hydrogens (tertiary/aromatic N) is 1. The highest BCUT2D eigenvalue weighted by Gasteiger charge is 2.24. The Morgan fingerprint density at radius 3 is 2.44 bits per heavy atom. The van der Waals surface area contributed by atoms with Gasteiger partial charge in [0.05, 0.1) is 13.2 Å². The molecule has 0 saturated carbocycles. The van der Waals surface area contributed by atoms with E-state index in [-0.39, 0.29) is 13.2 Å². The van der Waals surface area contributed by atoms with E-state index in [0.29, 0.717) is 6.54 Å². The van der Waals surface area contributed by atoms with E-state index in [0.717, 1.165) is 6.54 Å². The molecular formula is C12H21NO2S. The van der Waals surface area contributed by atoms with E-state index in [9.17, 15) is 10.2 Å². The number of aryl methyl sites for hydroxylation is 1. The lowest BCUT2D eigenvalue weighted by Gasteiger charge is -2.30. The van der Waals surface area contributed by atoms with Crippen LogP contribution in [0.3, 0.4) is 0 Å². The van der Waals surface area contributed by atoms with Gasteiger partial charge in [-0.05, 0) is 31.0 Å². The van der Waals surface area contributed by atoms with Crippen LogP contribution in [0.15, 0.2) is 11.4 Å². The molecule has 1 rings (SSSR count). The molecule has 1 aromatic rings. The fraction of sp³-hybridized carbons (Fsp3) is 0.667. The highest BCUT2D eigenvalue weighted by Crippen LogP contribution is 2.20. The lowest BCUT2D eigenvalue weighted by molar-refractivity contribution is 0.0404. The number of thiophene rings is 1. The van der Waals surface area contributed by atoms with Crippen molar-refractivity contribution >= 4 is 11.3 Å². The fourth-order valence-corrected chi connectivity index (χ4v) is 2.65. The van der Waals surface area contributed by atoms with Gasteiger partial charge in [-0.15, -0.1) is 11.3 Å². The second-order valence-corrected chi connectivity index (χ2v) is 5.83. The number of aliphatic hydroxyl groups excluding tert-OH is 2. The number of hydrogen-bond donors (Lipinski definition) is 2. The normalized spacial score (nSPS) is 12.4. The van der Waals surface area contributed by atoms with Gasteiger partial charge >= 0.3 is 0 Å². The molecule has 3 nitrogen and oxygen atoms in total. The maximum atomic E-state index is 9.23. The zero-order valence-electron chi connectivity index (χ0n) is 10.2. The van der Waals surface area contributed by atoms with Crippen LogP contribution < -0.4 is 0 Å². The summed E-state index contributed by atoms with van der Waals surface area (Å²) in [5.74, 6) is 0. The third-order valence-electron chi connectivity index (χ3n) is 2.80. The van der Waals surface area contributed by atoms with Gasteiger partial charge in [0.1, 0.15) is 0 Å². The molecule has 2 N–H and O–H groups in total. The molecule has 0 bridgehead atoms. The molecule has 0 aliphatic carbocycles. The first-order valence-electron chi connectivity index (χ1n) is 5.44. The topological polar surface area (TPSA) is 43.7 Å². The molecule has 0 atom stereocenters. The predicted octanol–water partition coefficient (Wildman–Crippen LogP) is 1.48. The summed E-state index contributed by atoms with van der Waals surface area (Å²) in [5.41, 5.74) is 0.895. The Kier molecular flexibility index (Phi) is 4.92. The van der Waals surface area contributed by atoms with Crippen molar-refractivity contribution in [1.82, 2.24) is 4.90 Å². The van der Waals surface area contributed by atoms with Crippen LogP contribution in [0.25, 0.3) is 0 Å². The quantitative estimate of drug-likeness (QED) is 0.795. The minimum Gasteiger partial charge on any atom is -0.396 e. The molecule has 0 fully saturated rings.